The number of carbonyl (C=O) groups excluding carboxylic acids is 1. The van der Waals surface area contributed by atoms with Crippen molar-refractivity contribution in [2.45, 2.75) is 18.6 Å². The van der Waals surface area contributed by atoms with Crippen molar-refractivity contribution in [3.8, 4) is 5.88 Å². The van der Waals surface area contributed by atoms with Crippen LogP contribution in [0.3, 0.4) is 0 Å². The lowest BCUT2D eigenvalue weighted by Gasteiger charge is -2.13. The molecule has 0 aliphatic carbocycles. The molecule has 0 spiro atoms. The number of para-hydroxylation sites is 2. The number of ether oxygens (including phenoxy) is 2. The van der Waals surface area contributed by atoms with Gasteiger partial charge in [0.2, 0.25) is 5.88 Å². The van der Waals surface area contributed by atoms with E-state index in [2.05, 4.69) is 37.9 Å². The molecule has 0 unspecified atom stereocenters. The first-order valence-corrected chi connectivity index (χ1v) is 7.65. The van der Waals surface area contributed by atoms with Crippen molar-refractivity contribution >= 4 is 39.6 Å². The van der Waals surface area contributed by atoms with Crippen molar-refractivity contribution in [2.24, 2.45) is 0 Å². The zero-order valence-electron chi connectivity index (χ0n) is 11.4. The Hall–Kier alpha value is -1.48. The van der Waals surface area contributed by atoms with E-state index in [0.717, 1.165) is 11.0 Å². The minimum absolute atomic E-state index is 0.113. The van der Waals surface area contributed by atoms with Crippen LogP contribution in [0.2, 0.25) is 0 Å². The first-order chi connectivity index (χ1) is 10.2. The number of carbonyl (C=O) groups is 1. The third-order valence-electron chi connectivity index (χ3n) is 3.35. The molecule has 0 radical (unpaired) electrons. The number of hydrogen-bond donors (Lipinski definition) is 1. The van der Waals surface area contributed by atoms with Crippen LogP contribution in [-0.4, -0.2) is 41.7 Å². The fraction of sp³-hybridized carbons (Fsp3) is 0.357. The zero-order valence-corrected chi connectivity index (χ0v) is 13.5. The summed E-state index contributed by atoms with van der Waals surface area (Å²) in [5, 5.41) is 3.08. The maximum atomic E-state index is 11.5. The van der Waals surface area contributed by atoms with E-state index in [1.54, 1.807) is 0 Å². The van der Waals surface area contributed by atoms with Crippen LogP contribution >= 0.6 is 22.6 Å². The highest BCUT2D eigenvalue weighted by Crippen LogP contribution is 2.23. The van der Waals surface area contributed by atoms with Crippen molar-refractivity contribution in [3.63, 3.8) is 0 Å². The Balaban J connectivity index is 1.76. The van der Waals surface area contributed by atoms with Gasteiger partial charge in [-0.1, -0.05) is 12.1 Å². The van der Waals surface area contributed by atoms with Gasteiger partial charge in [0.1, 0.15) is 12.1 Å². The predicted molar refractivity (Wildman–Crippen MR) is 85.1 cm³/mol. The van der Waals surface area contributed by atoms with Crippen LogP contribution in [0.4, 0.5) is 0 Å². The number of methoxy groups -OCH3 is 1. The van der Waals surface area contributed by atoms with E-state index in [-0.39, 0.29) is 18.1 Å². The molecular formula is C14H14IN3O3. The van der Waals surface area contributed by atoms with Crippen molar-refractivity contribution < 1.29 is 14.3 Å². The molecule has 1 aromatic carbocycles. The molecule has 1 fully saturated rings. The number of halogens is 1. The molecule has 21 heavy (non-hydrogen) atoms. The molecule has 3 rings (SSSR count). The largest absolute Gasteiger partial charge is 0.471 e. The lowest BCUT2D eigenvalue weighted by molar-refractivity contribution is -0.142. The summed E-state index contributed by atoms with van der Waals surface area (Å²) in [4.78, 5) is 20.5. The van der Waals surface area contributed by atoms with E-state index >= 15 is 0 Å². The number of rotatable bonds is 3. The summed E-state index contributed by atoms with van der Waals surface area (Å²) >= 11 is 2.11. The summed E-state index contributed by atoms with van der Waals surface area (Å²) in [7, 11) is 1.38. The van der Waals surface area contributed by atoms with Crippen molar-refractivity contribution in [1.82, 2.24) is 15.3 Å². The average molecular weight is 399 g/mol. The normalized spacial score (nSPS) is 21.4. The van der Waals surface area contributed by atoms with Crippen LogP contribution in [0, 0.1) is 3.70 Å². The number of nitrogens with one attached hydrogen (secondary N) is 1. The summed E-state index contributed by atoms with van der Waals surface area (Å²) in [6.45, 7) is 0.588. The van der Waals surface area contributed by atoms with Crippen LogP contribution in [0.5, 0.6) is 5.88 Å². The van der Waals surface area contributed by atoms with Crippen molar-refractivity contribution in [2.75, 3.05) is 13.7 Å². The average Bonchev–Trinajstić information content (AvgIpc) is 2.96. The monoisotopic (exact) mass is 399 g/mol. The van der Waals surface area contributed by atoms with E-state index in [0.29, 0.717) is 22.5 Å². The van der Waals surface area contributed by atoms with Crippen LogP contribution in [0.25, 0.3) is 11.0 Å². The maximum Gasteiger partial charge on any atom is 0.323 e. The molecule has 110 valence electrons. The molecule has 2 heterocycles. The van der Waals surface area contributed by atoms with Crippen LogP contribution in [0.15, 0.2) is 24.3 Å². The van der Waals surface area contributed by atoms with Gasteiger partial charge in [0.05, 0.1) is 18.1 Å². The van der Waals surface area contributed by atoms with E-state index in [9.17, 15) is 4.79 Å². The molecule has 2 aromatic rings. The Kier molecular flexibility index (Phi) is 4.20. The summed E-state index contributed by atoms with van der Waals surface area (Å²) in [6.07, 6.45) is 0.454. The number of fused-ring (bicyclic) bond motifs is 1. The molecule has 7 heteroatoms. The molecule has 1 aromatic heterocycles. The molecule has 2 atom stereocenters. The Labute approximate surface area is 135 Å². The molecule has 6 nitrogen and oxygen atoms in total. The van der Waals surface area contributed by atoms with Crippen molar-refractivity contribution in [3.05, 3.63) is 28.0 Å². The molecular weight excluding hydrogens is 385 g/mol. The number of aromatic nitrogens is 2. The molecule has 1 aliphatic heterocycles. The van der Waals surface area contributed by atoms with Gasteiger partial charge in [-0.3, -0.25) is 4.79 Å². The molecule has 1 aliphatic rings. The zero-order chi connectivity index (χ0) is 14.8. The molecule has 0 saturated carbocycles. The lowest BCUT2D eigenvalue weighted by atomic mass is 10.2. The van der Waals surface area contributed by atoms with Crippen LogP contribution < -0.4 is 10.1 Å². The van der Waals surface area contributed by atoms with Gasteiger partial charge in [-0.05, 0) is 34.7 Å². The Morgan fingerprint density at radius 2 is 2.05 bits per heavy atom. The van der Waals surface area contributed by atoms with Gasteiger partial charge < -0.3 is 14.8 Å². The molecule has 0 amide bonds. The molecule has 1 N–H and O–H groups in total. The summed E-state index contributed by atoms with van der Waals surface area (Å²) in [5.74, 6) is 0.243. The summed E-state index contributed by atoms with van der Waals surface area (Å²) < 4.78 is 11.3. The minimum Gasteiger partial charge on any atom is -0.471 e. The smallest absolute Gasteiger partial charge is 0.323 e. The van der Waals surface area contributed by atoms with Crippen molar-refractivity contribution in [1.29, 1.82) is 0 Å². The topological polar surface area (TPSA) is 73.3 Å². The van der Waals surface area contributed by atoms with Crippen LogP contribution in [-0.2, 0) is 9.53 Å². The standard InChI is InChI=1S/C14H14IN3O3/c1-20-14(19)11-6-8(7-16-11)21-13-12(15)17-9-4-2-3-5-10(9)18-13/h2-5,8,11,16H,6-7H2,1H3/t8-,11+/m1/s1. The van der Waals surface area contributed by atoms with Gasteiger partial charge in [0, 0.05) is 13.0 Å². The summed E-state index contributed by atoms with van der Waals surface area (Å²) in [6, 6.07) is 7.34. The predicted octanol–water partition coefficient (Wildman–Crippen LogP) is 1.52. The molecule has 1 saturated heterocycles. The second kappa shape index (κ2) is 6.10. The fourth-order valence-electron chi connectivity index (χ4n) is 2.31. The van der Waals surface area contributed by atoms with Gasteiger partial charge in [0.15, 0.2) is 3.70 Å². The summed E-state index contributed by atoms with van der Waals surface area (Å²) in [5.41, 5.74) is 1.63. The highest BCUT2D eigenvalue weighted by molar-refractivity contribution is 14.1. The van der Waals surface area contributed by atoms with E-state index in [4.69, 9.17) is 9.47 Å². The van der Waals surface area contributed by atoms with Crippen LogP contribution in [0.1, 0.15) is 6.42 Å². The van der Waals surface area contributed by atoms with Gasteiger partial charge in [0.25, 0.3) is 0 Å². The number of nitrogens with zero attached hydrogens (tertiary/aromatic N) is 2. The quantitative estimate of drug-likeness (QED) is 0.624. The third-order valence-corrected chi connectivity index (χ3v) is 4.06. The Morgan fingerprint density at radius 3 is 2.76 bits per heavy atom. The SMILES string of the molecule is COC(=O)[C@@H]1C[C@@H](Oc2nc3ccccc3nc2I)CN1. The fourth-order valence-corrected chi connectivity index (χ4v) is 2.82. The Bertz CT molecular complexity index is 680. The number of hydrogen-bond acceptors (Lipinski definition) is 6. The van der Waals surface area contributed by atoms with Gasteiger partial charge in [-0.25, -0.2) is 9.97 Å². The Morgan fingerprint density at radius 1 is 1.33 bits per heavy atom. The first-order valence-electron chi connectivity index (χ1n) is 6.57. The second-order valence-corrected chi connectivity index (χ2v) is 5.79. The molecule has 0 bridgehead atoms. The number of esters is 1. The lowest BCUT2D eigenvalue weighted by Crippen LogP contribution is -2.31. The van der Waals surface area contributed by atoms with Gasteiger partial charge in [-0.15, -0.1) is 0 Å². The van der Waals surface area contributed by atoms with E-state index in [1.165, 1.54) is 7.11 Å². The van der Waals surface area contributed by atoms with E-state index in [1.807, 2.05) is 24.3 Å². The first kappa shape index (κ1) is 14.5. The second-order valence-electron chi connectivity index (χ2n) is 4.77. The maximum absolute atomic E-state index is 11.5. The third kappa shape index (κ3) is 3.08. The number of benzene rings is 1. The van der Waals surface area contributed by atoms with E-state index < -0.39 is 0 Å². The minimum atomic E-state index is -0.314. The highest BCUT2D eigenvalue weighted by atomic mass is 127. The van der Waals surface area contributed by atoms with Gasteiger partial charge >= 0.3 is 5.97 Å². The highest BCUT2D eigenvalue weighted by Gasteiger charge is 2.32. The van der Waals surface area contributed by atoms with Gasteiger partial charge in [-0.2, -0.15) is 0 Å².